The molecule has 0 unspecified atom stereocenters. The molecule has 1 aromatic rings. The first kappa shape index (κ1) is 31.8. The van der Waals surface area contributed by atoms with Crippen LogP contribution in [0.2, 0.25) is 0 Å². The molecule has 0 saturated carbocycles. The Morgan fingerprint density at radius 3 is 1.17 bits per heavy atom. The second-order valence-corrected chi connectivity index (χ2v) is 13.0. The molecule has 0 saturated heterocycles. The molecular formula is C30H50O6. The summed E-state index contributed by atoms with van der Waals surface area (Å²) in [6.45, 7) is 21.6. The number of rotatable bonds is 12. The van der Waals surface area contributed by atoms with Crippen molar-refractivity contribution in [1.82, 2.24) is 0 Å². The van der Waals surface area contributed by atoms with Gasteiger partial charge in [0.15, 0.2) is 0 Å². The largest absolute Gasteiger partial charge is 0.493 e. The highest BCUT2D eigenvalue weighted by atomic mass is 16.5. The number of hydrogen-bond acceptors (Lipinski definition) is 6. The van der Waals surface area contributed by atoms with Gasteiger partial charge in [0.05, 0.1) is 38.3 Å². The first-order chi connectivity index (χ1) is 16.4. The number of esters is 2. The smallest absolute Gasteiger partial charge is 0.311 e. The van der Waals surface area contributed by atoms with E-state index >= 15 is 0 Å². The molecular weight excluding hydrogens is 456 g/mol. The fourth-order valence-electron chi connectivity index (χ4n) is 4.12. The molecule has 1 aromatic carbocycles. The fourth-order valence-corrected chi connectivity index (χ4v) is 4.12. The monoisotopic (exact) mass is 506 g/mol. The van der Waals surface area contributed by atoms with Crippen LogP contribution in [0.25, 0.3) is 0 Å². The van der Waals surface area contributed by atoms with E-state index in [0.717, 1.165) is 35.5 Å². The first-order valence-electron chi connectivity index (χ1n) is 13.0. The second-order valence-electron chi connectivity index (χ2n) is 13.0. The summed E-state index contributed by atoms with van der Waals surface area (Å²) in [5.74, 6) is 1.29. The maximum atomic E-state index is 12.0. The van der Waals surface area contributed by atoms with Crippen LogP contribution < -0.4 is 9.47 Å². The minimum atomic E-state index is -0.540. The number of hydrogen-bond donors (Lipinski definition) is 0. The number of methoxy groups -OCH3 is 2. The van der Waals surface area contributed by atoms with Crippen molar-refractivity contribution in [3.8, 4) is 11.5 Å². The van der Waals surface area contributed by atoms with Crippen molar-refractivity contribution < 1.29 is 28.5 Å². The highest BCUT2D eigenvalue weighted by Crippen LogP contribution is 2.41. The van der Waals surface area contributed by atoms with Crippen LogP contribution >= 0.6 is 0 Å². The van der Waals surface area contributed by atoms with Gasteiger partial charge in [-0.1, -0.05) is 41.5 Å². The number of carbonyl (C=O) groups is 2. The van der Waals surface area contributed by atoms with E-state index in [9.17, 15) is 9.59 Å². The van der Waals surface area contributed by atoms with Crippen LogP contribution in [0.1, 0.15) is 106 Å². The third kappa shape index (κ3) is 9.01. The first-order valence-corrected chi connectivity index (χ1v) is 13.0. The van der Waals surface area contributed by atoms with E-state index in [0.29, 0.717) is 26.1 Å². The SMILES string of the molecule is COC(=O)C(C)(C)CCCOc1cc(C(C)(C)C)c(OCCCC(C)(C)C(=O)OC)cc1C(C)(C)C. The molecule has 36 heavy (non-hydrogen) atoms. The molecule has 6 nitrogen and oxygen atoms in total. The van der Waals surface area contributed by atoms with Crippen molar-refractivity contribution in [1.29, 1.82) is 0 Å². The van der Waals surface area contributed by atoms with Gasteiger partial charge in [0, 0.05) is 11.1 Å². The summed E-state index contributed by atoms with van der Waals surface area (Å²) < 4.78 is 22.5. The third-order valence-electron chi connectivity index (χ3n) is 6.58. The van der Waals surface area contributed by atoms with E-state index in [-0.39, 0.29) is 22.8 Å². The molecule has 0 fully saturated rings. The van der Waals surface area contributed by atoms with Crippen molar-refractivity contribution in [2.75, 3.05) is 27.4 Å². The quantitative estimate of drug-likeness (QED) is 0.225. The molecule has 0 radical (unpaired) electrons. The molecule has 0 heterocycles. The highest BCUT2D eigenvalue weighted by Gasteiger charge is 2.30. The van der Waals surface area contributed by atoms with E-state index in [1.165, 1.54) is 14.2 Å². The van der Waals surface area contributed by atoms with Gasteiger partial charge in [0.2, 0.25) is 0 Å². The third-order valence-corrected chi connectivity index (χ3v) is 6.58. The summed E-state index contributed by atoms with van der Waals surface area (Å²) in [6.07, 6.45) is 2.84. The molecule has 0 aliphatic rings. The molecule has 0 aliphatic carbocycles. The highest BCUT2D eigenvalue weighted by molar-refractivity contribution is 5.76. The lowest BCUT2D eigenvalue weighted by molar-refractivity contribution is -0.152. The summed E-state index contributed by atoms with van der Waals surface area (Å²) in [5, 5.41) is 0. The molecule has 0 amide bonds. The lowest BCUT2D eigenvalue weighted by Gasteiger charge is -2.29. The maximum Gasteiger partial charge on any atom is 0.311 e. The zero-order chi connectivity index (χ0) is 27.9. The summed E-state index contributed by atoms with van der Waals surface area (Å²) in [7, 11) is 2.85. The van der Waals surface area contributed by atoms with Crippen molar-refractivity contribution in [3.05, 3.63) is 23.3 Å². The normalized spacial score (nSPS) is 12.8. The van der Waals surface area contributed by atoms with Gasteiger partial charge in [-0.2, -0.15) is 0 Å². The number of carbonyl (C=O) groups excluding carboxylic acids is 2. The second kappa shape index (κ2) is 12.3. The van der Waals surface area contributed by atoms with Gasteiger partial charge >= 0.3 is 11.9 Å². The maximum absolute atomic E-state index is 12.0. The van der Waals surface area contributed by atoms with E-state index < -0.39 is 10.8 Å². The Morgan fingerprint density at radius 2 is 0.917 bits per heavy atom. The summed E-state index contributed by atoms with van der Waals surface area (Å²) in [4.78, 5) is 24.0. The minimum Gasteiger partial charge on any atom is -0.493 e. The van der Waals surface area contributed by atoms with E-state index in [1.54, 1.807) is 0 Å². The standard InChI is InChI=1S/C30H50O6/c1-27(2,3)21-19-24(36-18-14-16-30(9,10)26(32)34-12)22(28(4,5)6)20-23(21)35-17-13-15-29(7,8)25(31)33-11/h19-20H,13-18H2,1-12H3. The van der Waals surface area contributed by atoms with Gasteiger partial charge in [0.1, 0.15) is 11.5 Å². The molecule has 0 N–H and O–H groups in total. The Labute approximate surface area is 219 Å². The predicted octanol–water partition coefficient (Wildman–Crippen LogP) is 7.00. The van der Waals surface area contributed by atoms with Gasteiger partial charge < -0.3 is 18.9 Å². The van der Waals surface area contributed by atoms with Crippen LogP contribution in [0.15, 0.2) is 12.1 Å². The van der Waals surface area contributed by atoms with Gasteiger partial charge in [0.25, 0.3) is 0 Å². The summed E-state index contributed by atoms with van der Waals surface area (Å²) in [5.41, 5.74) is 0.771. The molecule has 0 aromatic heterocycles. The Morgan fingerprint density at radius 1 is 0.611 bits per heavy atom. The molecule has 0 atom stereocenters. The average Bonchev–Trinajstić information content (AvgIpc) is 2.76. The van der Waals surface area contributed by atoms with Gasteiger partial charge in [-0.25, -0.2) is 0 Å². The lowest BCUT2D eigenvalue weighted by atomic mass is 9.80. The van der Waals surface area contributed by atoms with Gasteiger partial charge in [-0.15, -0.1) is 0 Å². The van der Waals surface area contributed by atoms with Crippen LogP contribution in [0, 0.1) is 10.8 Å². The Balaban J connectivity index is 3.10. The molecule has 206 valence electrons. The predicted molar refractivity (Wildman–Crippen MR) is 145 cm³/mol. The number of benzene rings is 1. The van der Waals surface area contributed by atoms with Crippen LogP contribution in [0.5, 0.6) is 11.5 Å². The van der Waals surface area contributed by atoms with Crippen molar-refractivity contribution >= 4 is 11.9 Å². The zero-order valence-electron chi connectivity index (χ0n) is 24.8. The van der Waals surface area contributed by atoms with Crippen LogP contribution in [-0.2, 0) is 29.9 Å². The van der Waals surface area contributed by atoms with Crippen molar-refractivity contribution in [2.45, 2.75) is 106 Å². The lowest BCUT2D eigenvalue weighted by Crippen LogP contribution is -2.26. The summed E-state index contributed by atoms with van der Waals surface area (Å²) >= 11 is 0. The van der Waals surface area contributed by atoms with Crippen LogP contribution in [0.3, 0.4) is 0 Å². The van der Waals surface area contributed by atoms with Crippen molar-refractivity contribution in [3.63, 3.8) is 0 Å². The Bertz CT molecular complexity index is 810. The van der Waals surface area contributed by atoms with Crippen LogP contribution in [-0.4, -0.2) is 39.4 Å². The molecule has 1 rings (SSSR count). The van der Waals surface area contributed by atoms with Crippen LogP contribution in [0.4, 0.5) is 0 Å². The minimum absolute atomic E-state index is 0.151. The van der Waals surface area contributed by atoms with Gasteiger partial charge in [-0.3, -0.25) is 9.59 Å². The molecule has 0 aliphatic heterocycles. The molecule has 6 heteroatoms. The Hall–Kier alpha value is -2.24. The fraction of sp³-hybridized carbons (Fsp3) is 0.733. The van der Waals surface area contributed by atoms with Gasteiger partial charge in [-0.05, 0) is 76.3 Å². The number of ether oxygens (including phenoxy) is 4. The Kier molecular flexibility index (Phi) is 10.9. The average molecular weight is 507 g/mol. The zero-order valence-corrected chi connectivity index (χ0v) is 24.8. The van der Waals surface area contributed by atoms with E-state index in [4.69, 9.17) is 18.9 Å². The molecule has 0 spiro atoms. The van der Waals surface area contributed by atoms with E-state index in [1.807, 2.05) is 27.7 Å². The molecule has 0 bridgehead atoms. The summed E-state index contributed by atoms with van der Waals surface area (Å²) in [6, 6.07) is 4.22. The van der Waals surface area contributed by atoms with E-state index in [2.05, 4.69) is 53.7 Å². The van der Waals surface area contributed by atoms with Crippen molar-refractivity contribution in [2.24, 2.45) is 10.8 Å². The topological polar surface area (TPSA) is 71.1 Å².